The van der Waals surface area contributed by atoms with Crippen LogP contribution in [0.15, 0.2) is 40.2 Å². The predicted octanol–water partition coefficient (Wildman–Crippen LogP) is 2.92. The van der Waals surface area contributed by atoms with Crippen molar-refractivity contribution < 1.29 is 4.74 Å². The van der Waals surface area contributed by atoms with Gasteiger partial charge in [0.15, 0.2) is 5.96 Å². The lowest BCUT2D eigenvalue weighted by Gasteiger charge is -2.29. The molecule has 0 aromatic heterocycles. The van der Waals surface area contributed by atoms with Gasteiger partial charge in [0.25, 0.3) is 0 Å². The summed E-state index contributed by atoms with van der Waals surface area (Å²) >= 11 is 1.88. The first kappa shape index (κ1) is 23.5. The third kappa shape index (κ3) is 9.43. The fraction of sp³-hybridized carbons (Fsp3) is 0.632. The summed E-state index contributed by atoms with van der Waals surface area (Å²) in [5, 5.41) is 7.36. The average molecular weight is 492 g/mol. The maximum atomic E-state index is 5.41. The number of ether oxygens (including phenoxy) is 1. The number of guanidine groups is 1. The molecule has 1 heterocycles. The Morgan fingerprint density at radius 1 is 1.15 bits per heavy atom. The monoisotopic (exact) mass is 492 g/mol. The van der Waals surface area contributed by atoms with Gasteiger partial charge in [-0.1, -0.05) is 32.0 Å². The summed E-state index contributed by atoms with van der Waals surface area (Å²) in [5.74, 6) is 1.46. The van der Waals surface area contributed by atoms with Gasteiger partial charge in [-0.25, -0.2) is 0 Å². The first-order valence-electron chi connectivity index (χ1n) is 9.13. The zero-order chi connectivity index (χ0) is 17.9. The standard InChI is InChI=1S/C19H32N4OS.HI/c1-16(15-23-9-11-24-12-10-23)13-21-19(20-3)22-14-17(2)25-18-7-5-4-6-8-18;/h4-8,16-17H,9-15H2,1-3H3,(H2,20,21,22);1H. The molecule has 2 rings (SSSR count). The zero-order valence-corrected chi connectivity index (χ0v) is 19.3. The Balaban J connectivity index is 0.00000338. The Morgan fingerprint density at radius 2 is 1.81 bits per heavy atom. The van der Waals surface area contributed by atoms with E-state index in [1.54, 1.807) is 0 Å². The smallest absolute Gasteiger partial charge is 0.191 e. The van der Waals surface area contributed by atoms with Crippen LogP contribution in [0.4, 0.5) is 0 Å². The molecule has 1 aromatic rings. The Hall–Kier alpha value is -0.510. The highest BCUT2D eigenvalue weighted by molar-refractivity contribution is 14.0. The van der Waals surface area contributed by atoms with Crippen molar-refractivity contribution in [3.8, 4) is 0 Å². The van der Waals surface area contributed by atoms with Gasteiger partial charge < -0.3 is 15.4 Å². The van der Waals surface area contributed by atoms with E-state index in [-0.39, 0.29) is 24.0 Å². The van der Waals surface area contributed by atoms with Gasteiger partial charge in [0.2, 0.25) is 0 Å². The molecule has 26 heavy (non-hydrogen) atoms. The van der Waals surface area contributed by atoms with Gasteiger partial charge >= 0.3 is 0 Å². The lowest BCUT2D eigenvalue weighted by atomic mass is 10.1. The van der Waals surface area contributed by atoms with Crippen LogP contribution in [-0.4, -0.2) is 69.1 Å². The summed E-state index contributed by atoms with van der Waals surface area (Å²) in [5.41, 5.74) is 0. The normalized spacial score (nSPS) is 17.9. The van der Waals surface area contributed by atoms with Gasteiger partial charge in [-0.05, 0) is 18.1 Å². The van der Waals surface area contributed by atoms with Gasteiger partial charge in [0, 0.05) is 49.9 Å². The summed E-state index contributed by atoms with van der Waals surface area (Å²) < 4.78 is 5.41. The minimum atomic E-state index is 0. The molecule has 2 N–H and O–H groups in total. The van der Waals surface area contributed by atoms with Gasteiger partial charge in [0.05, 0.1) is 13.2 Å². The Bertz CT molecular complexity index is 512. The van der Waals surface area contributed by atoms with Crippen molar-refractivity contribution in [3.63, 3.8) is 0 Å². The van der Waals surface area contributed by atoms with E-state index >= 15 is 0 Å². The Labute approximate surface area is 179 Å². The lowest BCUT2D eigenvalue weighted by Crippen LogP contribution is -2.44. The molecular formula is C19H33IN4OS. The predicted molar refractivity (Wildman–Crippen MR) is 123 cm³/mol. The fourth-order valence-electron chi connectivity index (χ4n) is 2.79. The Morgan fingerprint density at radius 3 is 2.46 bits per heavy atom. The quantitative estimate of drug-likeness (QED) is 0.253. The van der Waals surface area contributed by atoms with Crippen LogP contribution in [0, 0.1) is 5.92 Å². The van der Waals surface area contributed by atoms with E-state index in [9.17, 15) is 0 Å². The molecule has 0 aliphatic carbocycles. The van der Waals surface area contributed by atoms with Crippen molar-refractivity contribution >= 4 is 41.7 Å². The number of thioether (sulfide) groups is 1. The summed E-state index contributed by atoms with van der Waals surface area (Å²) in [6.07, 6.45) is 0. The second-order valence-corrected chi connectivity index (χ2v) is 8.11. The number of nitrogens with zero attached hydrogens (tertiary/aromatic N) is 2. The number of rotatable bonds is 8. The molecule has 148 valence electrons. The van der Waals surface area contributed by atoms with Crippen molar-refractivity contribution in [1.29, 1.82) is 0 Å². The maximum Gasteiger partial charge on any atom is 0.191 e. The van der Waals surface area contributed by atoms with Crippen molar-refractivity contribution in [2.24, 2.45) is 10.9 Å². The van der Waals surface area contributed by atoms with Crippen LogP contribution >= 0.6 is 35.7 Å². The molecule has 2 unspecified atom stereocenters. The van der Waals surface area contributed by atoms with Gasteiger partial charge in [-0.15, -0.1) is 35.7 Å². The van der Waals surface area contributed by atoms with E-state index in [4.69, 9.17) is 4.74 Å². The van der Waals surface area contributed by atoms with Crippen molar-refractivity contribution in [1.82, 2.24) is 15.5 Å². The van der Waals surface area contributed by atoms with E-state index in [0.29, 0.717) is 11.2 Å². The van der Waals surface area contributed by atoms with Crippen molar-refractivity contribution in [2.45, 2.75) is 24.0 Å². The molecule has 0 saturated carbocycles. The van der Waals surface area contributed by atoms with Crippen molar-refractivity contribution in [2.75, 3.05) is 53.0 Å². The maximum absolute atomic E-state index is 5.41. The highest BCUT2D eigenvalue weighted by Crippen LogP contribution is 2.21. The van der Waals surface area contributed by atoms with E-state index in [0.717, 1.165) is 51.9 Å². The highest BCUT2D eigenvalue weighted by Gasteiger charge is 2.14. The number of hydrogen-bond acceptors (Lipinski definition) is 4. The summed E-state index contributed by atoms with van der Waals surface area (Å²) in [6, 6.07) is 10.5. The van der Waals surface area contributed by atoms with Crippen LogP contribution in [0.1, 0.15) is 13.8 Å². The first-order valence-corrected chi connectivity index (χ1v) is 10.0. The molecule has 1 saturated heterocycles. The molecule has 0 spiro atoms. The second-order valence-electron chi connectivity index (χ2n) is 6.59. The number of hydrogen-bond donors (Lipinski definition) is 2. The van der Waals surface area contributed by atoms with Crippen LogP contribution in [0.2, 0.25) is 0 Å². The molecule has 0 bridgehead atoms. The molecule has 2 atom stereocenters. The lowest BCUT2D eigenvalue weighted by molar-refractivity contribution is 0.0320. The number of aliphatic imine (C=N–C) groups is 1. The SMILES string of the molecule is CN=C(NCC(C)CN1CCOCC1)NCC(C)Sc1ccccc1.I. The molecule has 1 aliphatic rings. The highest BCUT2D eigenvalue weighted by atomic mass is 127. The molecule has 1 fully saturated rings. The zero-order valence-electron chi connectivity index (χ0n) is 16.1. The van der Waals surface area contributed by atoms with E-state index in [1.807, 2.05) is 18.8 Å². The summed E-state index contributed by atoms with van der Waals surface area (Å²) in [6.45, 7) is 11.3. The van der Waals surface area contributed by atoms with Crippen LogP contribution in [-0.2, 0) is 4.74 Å². The van der Waals surface area contributed by atoms with Crippen LogP contribution < -0.4 is 10.6 Å². The van der Waals surface area contributed by atoms with E-state index < -0.39 is 0 Å². The van der Waals surface area contributed by atoms with Crippen LogP contribution in [0.5, 0.6) is 0 Å². The average Bonchev–Trinajstić information content (AvgIpc) is 2.63. The van der Waals surface area contributed by atoms with Crippen LogP contribution in [0.25, 0.3) is 0 Å². The molecular weight excluding hydrogens is 459 g/mol. The topological polar surface area (TPSA) is 48.9 Å². The van der Waals surface area contributed by atoms with Gasteiger partial charge in [0.1, 0.15) is 0 Å². The van der Waals surface area contributed by atoms with E-state index in [2.05, 4.69) is 64.7 Å². The third-order valence-electron chi connectivity index (χ3n) is 4.15. The number of morpholine rings is 1. The number of benzene rings is 1. The first-order chi connectivity index (χ1) is 12.2. The van der Waals surface area contributed by atoms with Gasteiger partial charge in [-0.3, -0.25) is 9.89 Å². The van der Waals surface area contributed by atoms with Crippen molar-refractivity contribution in [3.05, 3.63) is 30.3 Å². The third-order valence-corrected chi connectivity index (χ3v) is 5.27. The molecule has 5 nitrogen and oxygen atoms in total. The molecule has 0 radical (unpaired) electrons. The van der Waals surface area contributed by atoms with Crippen LogP contribution in [0.3, 0.4) is 0 Å². The minimum absolute atomic E-state index is 0. The van der Waals surface area contributed by atoms with E-state index in [1.165, 1.54) is 4.90 Å². The van der Waals surface area contributed by atoms with Gasteiger partial charge in [-0.2, -0.15) is 0 Å². The number of nitrogens with one attached hydrogen (secondary N) is 2. The summed E-state index contributed by atoms with van der Waals surface area (Å²) in [4.78, 5) is 8.12. The molecule has 1 aliphatic heterocycles. The molecule has 1 aromatic carbocycles. The Kier molecular flexibility index (Phi) is 12.3. The second kappa shape index (κ2) is 13.6. The largest absolute Gasteiger partial charge is 0.379 e. The fourth-order valence-corrected chi connectivity index (χ4v) is 3.74. The summed E-state index contributed by atoms with van der Waals surface area (Å²) in [7, 11) is 1.83. The molecule has 0 amide bonds. The molecule has 7 heteroatoms. The number of halogens is 1. The minimum Gasteiger partial charge on any atom is -0.379 e.